The first kappa shape index (κ1) is 27.2. The standard InChI is InChI=1S/C14H18F3NO.C12H14N4O/c1-19-8-7-18-6-5-12(10-18)11-3-2-4-13(9-11)14(15,16)17;1-8-9(2)15-16(11(8)14-12(13)17)10-6-4-3-5-7-10/h2-4,9,12H,5-8,10H2,1H3;3-7H,1-2H3,(H3,13,14,17). The quantitative estimate of drug-likeness (QED) is 0.489. The summed E-state index contributed by atoms with van der Waals surface area (Å²) >= 11 is 0. The maximum atomic E-state index is 12.7. The highest BCUT2D eigenvalue weighted by atomic mass is 19.4. The molecule has 1 saturated heterocycles. The number of likely N-dealkylation sites (tertiary alicyclic amines) is 1. The second-order valence-corrected chi connectivity index (χ2v) is 8.70. The summed E-state index contributed by atoms with van der Waals surface area (Å²) in [4.78, 5) is 13.2. The molecule has 1 unspecified atom stereocenters. The van der Waals surface area contributed by atoms with Gasteiger partial charge in [0.15, 0.2) is 0 Å². The number of primary amides is 1. The molecule has 3 aromatic rings. The molecular formula is C26H32F3N5O2. The first-order valence-electron chi connectivity index (χ1n) is 11.7. The molecule has 0 saturated carbocycles. The van der Waals surface area contributed by atoms with Gasteiger partial charge in [0.05, 0.1) is 23.6 Å². The number of carbonyl (C=O) groups is 1. The monoisotopic (exact) mass is 503 g/mol. The number of aromatic nitrogens is 2. The number of nitrogens with one attached hydrogen (secondary N) is 1. The summed E-state index contributed by atoms with van der Waals surface area (Å²) in [6.45, 7) is 7.02. The van der Waals surface area contributed by atoms with Gasteiger partial charge in [-0.05, 0) is 56.5 Å². The van der Waals surface area contributed by atoms with E-state index < -0.39 is 17.8 Å². The van der Waals surface area contributed by atoms with Crippen LogP contribution in [0.5, 0.6) is 0 Å². The molecule has 1 atom stereocenters. The Bertz CT molecular complexity index is 1150. The van der Waals surface area contributed by atoms with E-state index in [-0.39, 0.29) is 5.92 Å². The molecule has 0 spiro atoms. The Morgan fingerprint density at radius 1 is 1.17 bits per heavy atom. The molecule has 10 heteroatoms. The summed E-state index contributed by atoms with van der Waals surface area (Å²) in [7, 11) is 1.65. The van der Waals surface area contributed by atoms with Crippen LogP contribution in [0.25, 0.3) is 5.69 Å². The average molecular weight is 504 g/mol. The zero-order valence-electron chi connectivity index (χ0n) is 20.7. The maximum absolute atomic E-state index is 12.7. The Morgan fingerprint density at radius 3 is 2.53 bits per heavy atom. The van der Waals surface area contributed by atoms with Crippen molar-refractivity contribution < 1.29 is 22.7 Å². The Kier molecular flexibility index (Phi) is 9.11. The van der Waals surface area contributed by atoms with Gasteiger partial charge in [-0.1, -0.05) is 36.4 Å². The minimum atomic E-state index is -4.26. The van der Waals surface area contributed by atoms with Crippen LogP contribution < -0.4 is 11.1 Å². The number of benzene rings is 2. The molecule has 2 heterocycles. The summed E-state index contributed by atoms with van der Waals surface area (Å²) in [5.74, 6) is 0.806. The van der Waals surface area contributed by atoms with Crippen molar-refractivity contribution in [1.29, 1.82) is 0 Å². The van der Waals surface area contributed by atoms with Crippen molar-refractivity contribution in [3.05, 3.63) is 77.0 Å². The molecule has 2 amide bonds. The lowest BCUT2D eigenvalue weighted by atomic mass is 9.96. The smallest absolute Gasteiger partial charge is 0.383 e. The normalized spacial score (nSPS) is 15.9. The van der Waals surface area contributed by atoms with E-state index in [1.807, 2.05) is 44.2 Å². The van der Waals surface area contributed by atoms with Gasteiger partial charge in [0.1, 0.15) is 5.82 Å². The number of anilines is 1. The van der Waals surface area contributed by atoms with Crippen LogP contribution >= 0.6 is 0 Å². The number of carbonyl (C=O) groups excluding carboxylic acids is 1. The van der Waals surface area contributed by atoms with Crippen molar-refractivity contribution in [2.24, 2.45) is 5.73 Å². The highest BCUT2D eigenvalue weighted by Gasteiger charge is 2.32. The molecule has 2 aromatic carbocycles. The first-order chi connectivity index (χ1) is 17.1. The molecule has 1 aromatic heterocycles. The van der Waals surface area contributed by atoms with Crippen LogP contribution in [0.15, 0.2) is 54.6 Å². The van der Waals surface area contributed by atoms with Gasteiger partial charge in [-0.3, -0.25) is 5.32 Å². The third kappa shape index (κ3) is 7.08. The number of halogens is 3. The van der Waals surface area contributed by atoms with Crippen LogP contribution in [-0.2, 0) is 10.9 Å². The van der Waals surface area contributed by atoms with Crippen LogP contribution in [0, 0.1) is 13.8 Å². The van der Waals surface area contributed by atoms with Crippen molar-refractivity contribution in [3.63, 3.8) is 0 Å². The van der Waals surface area contributed by atoms with E-state index in [1.165, 1.54) is 12.1 Å². The van der Waals surface area contributed by atoms with Gasteiger partial charge in [-0.15, -0.1) is 0 Å². The summed E-state index contributed by atoms with van der Waals surface area (Å²) in [6.07, 6.45) is -3.35. The first-order valence-corrected chi connectivity index (χ1v) is 11.7. The van der Waals surface area contributed by atoms with E-state index in [9.17, 15) is 18.0 Å². The molecule has 36 heavy (non-hydrogen) atoms. The minimum absolute atomic E-state index is 0.194. The Labute approximate surface area is 209 Å². The molecular weight excluding hydrogens is 471 g/mol. The van der Waals surface area contributed by atoms with Crippen LogP contribution in [0.4, 0.5) is 23.8 Å². The van der Waals surface area contributed by atoms with Gasteiger partial charge in [0, 0.05) is 25.8 Å². The van der Waals surface area contributed by atoms with E-state index in [1.54, 1.807) is 17.9 Å². The SMILES string of the molecule is COCCN1CCC(c2cccc(C(F)(F)F)c2)C1.Cc1nn(-c2ccccc2)c(NC(N)=O)c1C. The fourth-order valence-corrected chi connectivity index (χ4v) is 4.12. The Hall–Kier alpha value is -3.37. The number of rotatable bonds is 6. The number of nitrogens with zero attached hydrogens (tertiary/aromatic N) is 3. The van der Waals surface area contributed by atoms with Gasteiger partial charge in [-0.2, -0.15) is 18.3 Å². The molecule has 0 radical (unpaired) electrons. The van der Waals surface area contributed by atoms with Crippen molar-refractivity contribution >= 4 is 11.8 Å². The van der Waals surface area contributed by atoms with Crippen molar-refractivity contribution in [3.8, 4) is 5.69 Å². The molecule has 3 N–H and O–H groups in total. The summed E-state index contributed by atoms with van der Waals surface area (Å²) < 4.78 is 44.7. The number of aryl methyl sites for hydroxylation is 1. The van der Waals surface area contributed by atoms with Crippen molar-refractivity contribution in [1.82, 2.24) is 14.7 Å². The van der Waals surface area contributed by atoms with E-state index in [4.69, 9.17) is 10.5 Å². The Morgan fingerprint density at radius 2 is 1.89 bits per heavy atom. The topological polar surface area (TPSA) is 85.4 Å². The lowest BCUT2D eigenvalue weighted by Gasteiger charge is -2.16. The molecule has 7 nitrogen and oxygen atoms in total. The molecule has 0 aliphatic carbocycles. The van der Waals surface area contributed by atoms with E-state index in [0.29, 0.717) is 12.4 Å². The predicted octanol–water partition coefficient (Wildman–Crippen LogP) is 5.12. The average Bonchev–Trinajstić information content (AvgIpc) is 3.43. The number of nitrogens with two attached hydrogens (primary N) is 1. The van der Waals surface area contributed by atoms with Crippen LogP contribution in [0.3, 0.4) is 0 Å². The molecule has 1 aliphatic rings. The largest absolute Gasteiger partial charge is 0.416 e. The van der Waals surface area contributed by atoms with E-state index in [0.717, 1.165) is 54.6 Å². The summed E-state index contributed by atoms with van der Waals surface area (Å²) in [5, 5.41) is 6.98. The highest BCUT2D eigenvalue weighted by molar-refractivity contribution is 5.88. The van der Waals surface area contributed by atoms with Gasteiger partial charge in [0.25, 0.3) is 0 Å². The van der Waals surface area contributed by atoms with E-state index in [2.05, 4.69) is 15.3 Å². The number of hydrogen-bond donors (Lipinski definition) is 2. The molecule has 4 rings (SSSR count). The lowest BCUT2D eigenvalue weighted by Crippen LogP contribution is -2.24. The van der Waals surface area contributed by atoms with E-state index >= 15 is 0 Å². The Balaban J connectivity index is 0.000000202. The number of alkyl halides is 3. The van der Waals surface area contributed by atoms with Crippen LogP contribution in [-0.4, -0.2) is 54.1 Å². The molecule has 1 aliphatic heterocycles. The van der Waals surface area contributed by atoms with Gasteiger partial charge >= 0.3 is 12.2 Å². The van der Waals surface area contributed by atoms with Gasteiger partial charge in [-0.25, -0.2) is 9.48 Å². The number of ether oxygens (including phenoxy) is 1. The second kappa shape index (κ2) is 12.0. The lowest BCUT2D eigenvalue weighted by molar-refractivity contribution is -0.137. The summed E-state index contributed by atoms with van der Waals surface area (Å²) in [6, 6.07) is 14.7. The zero-order chi connectivity index (χ0) is 26.3. The zero-order valence-corrected chi connectivity index (χ0v) is 20.7. The van der Waals surface area contributed by atoms with Crippen LogP contribution in [0.2, 0.25) is 0 Å². The van der Waals surface area contributed by atoms with Crippen molar-refractivity contribution in [2.75, 3.05) is 38.7 Å². The molecule has 194 valence electrons. The number of hydrogen-bond acceptors (Lipinski definition) is 4. The number of para-hydroxylation sites is 1. The maximum Gasteiger partial charge on any atom is 0.416 e. The number of amides is 2. The predicted molar refractivity (Wildman–Crippen MR) is 133 cm³/mol. The van der Waals surface area contributed by atoms with Crippen LogP contribution in [0.1, 0.15) is 34.7 Å². The molecule has 1 fully saturated rings. The third-order valence-electron chi connectivity index (χ3n) is 6.17. The third-order valence-corrected chi connectivity index (χ3v) is 6.17. The number of urea groups is 1. The van der Waals surface area contributed by atoms with Gasteiger partial charge < -0.3 is 15.4 Å². The second-order valence-electron chi connectivity index (χ2n) is 8.70. The fourth-order valence-electron chi connectivity index (χ4n) is 4.12. The summed E-state index contributed by atoms with van der Waals surface area (Å²) in [5.41, 5.74) is 8.04. The highest BCUT2D eigenvalue weighted by Crippen LogP contribution is 2.33. The molecule has 0 bridgehead atoms. The number of methoxy groups -OCH3 is 1. The minimum Gasteiger partial charge on any atom is -0.383 e. The van der Waals surface area contributed by atoms with Crippen molar-refractivity contribution in [2.45, 2.75) is 32.4 Å². The van der Waals surface area contributed by atoms with Gasteiger partial charge in [0.2, 0.25) is 0 Å². The fraction of sp³-hybridized carbons (Fsp3) is 0.385.